The number of primary amides is 4. The van der Waals surface area contributed by atoms with Crippen LogP contribution in [0, 0.1) is 23.7 Å². The van der Waals surface area contributed by atoms with Crippen molar-refractivity contribution in [3.8, 4) is 0 Å². The molecular weight excluding hydrogens is 1650 g/mol. The van der Waals surface area contributed by atoms with Gasteiger partial charge in [0.15, 0.2) is 11.9 Å². The predicted octanol–water partition coefficient (Wildman–Crippen LogP) is -10.9. The SMILES string of the molecule is CC[C@H](C)[C@H](NC(=O)[C@H](CO)NC(=O)[C@H](CCC(N)=O)NC(=O)[C@H](CCC(=O)O)NC(=O)[C@H](CC(C)C)NC(=O)[C@H](CC(C)C)NC(=O)[C@H](CCCCN)NC(=O)[C@H](CCC(N)=O)NC(=O)[C@H](CCCN=C(N)N)NC(=O)[C@H](CCCN=C(N)N)NC(=O)[C@@H](N)C(C)C)C(=O)N[C@@H](CCC(N)=O)C(=O)N[C@@H](CO)C(=O)N[C@@H](C)C(=O)N[C@@H](CCC(N)=O)C(=O)O. The first-order valence-corrected chi connectivity index (χ1v) is 41.0. The molecular formula is C75H134N26O24. The lowest BCUT2D eigenvalue weighted by atomic mass is 9.97. The number of nitrogens with zero attached hydrogens (tertiary/aromatic N) is 2. The fourth-order valence-electron chi connectivity index (χ4n) is 11.8. The van der Waals surface area contributed by atoms with E-state index in [2.05, 4.69) is 84.4 Å². The molecule has 125 heavy (non-hydrogen) atoms. The summed E-state index contributed by atoms with van der Waals surface area (Å²) in [5, 5.41) is 73.6. The van der Waals surface area contributed by atoms with E-state index in [-0.39, 0.29) is 95.3 Å². The third-order valence-electron chi connectivity index (χ3n) is 19.1. The number of amides is 18. The van der Waals surface area contributed by atoms with E-state index in [1.165, 1.54) is 6.92 Å². The van der Waals surface area contributed by atoms with Crippen molar-refractivity contribution < 1.29 is 116 Å². The molecule has 0 aliphatic carbocycles. The van der Waals surface area contributed by atoms with Crippen LogP contribution in [0.25, 0.3) is 0 Å². The highest BCUT2D eigenvalue weighted by Crippen LogP contribution is 2.16. The van der Waals surface area contributed by atoms with Gasteiger partial charge in [-0.2, -0.15) is 0 Å². The number of carbonyl (C=O) groups excluding carboxylic acids is 18. The molecule has 0 aliphatic rings. The van der Waals surface area contributed by atoms with Crippen LogP contribution in [0.15, 0.2) is 9.98 Å². The van der Waals surface area contributed by atoms with Gasteiger partial charge < -0.3 is 152 Å². The molecule has 38 N–H and O–H groups in total. The summed E-state index contributed by atoms with van der Waals surface area (Å²) >= 11 is 0. The Balaban J connectivity index is 7.34. The number of nitrogens with one attached hydrogen (secondary N) is 14. The molecule has 16 atom stereocenters. The molecule has 0 saturated heterocycles. The molecule has 0 spiro atoms. The Morgan fingerprint density at radius 2 is 0.584 bits per heavy atom. The van der Waals surface area contributed by atoms with Crippen molar-refractivity contribution in [1.29, 1.82) is 0 Å². The Kier molecular flexibility index (Phi) is 53.7. The van der Waals surface area contributed by atoms with E-state index in [0.717, 1.165) is 6.92 Å². The van der Waals surface area contributed by atoms with E-state index in [0.29, 0.717) is 6.42 Å². The molecule has 18 amide bonds. The van der Waals surface area contributed by atoms with Crippen molar-refractivity contribution in [2.75, 3.05) is 32.8 Å². The lowest BCUT2D eigenvalue weighted by molar-refractivity contribution is -0.142. The average Bonchev–Trinajstić information content (AvgIpc) is 0.850. The highest BCUT2D eigenvalue weighted by molar-refractivity contribution is 6.01. The van der Waals surface area contributed by atoms with E-state index in [9.17, 15) is 116 Å². The fraction of sp³-hybridized carbons (Fsp3) is 0.707. The quantitative estimate of drug-likeness (QED) is 0.0153. The zero-order valence-electron chi connectivity index (χ0n) is 72.3. The third kappa shape index (κ3) is 46.7. The predicted molar refractivity (Wildman–Crippen MR) is 449 cm³/mol. The molecule has 708 valence electrons. The van der Waals surface area contributed by atoms with Crippen LogP contribution in [0.2, 0.25) is 0 Å². The number of unbranched alkanes of at least 4 members (excludes halogenated alkanes) is 1. The van der Waals surface area contributed by atoms with E-state index in [1.807, 2.05) is 0 Å². The number of hydrogen-bond donors (Lipinski definition) is 28. The van der Waals surface area contributed by atoms with Gasteiger partial charge in [0, 0.05) is 45.2 Å². The van der Waals surface area contributed by atoms with Crippen molar-refractivity contribution >= 4 is 130 Å². The number of aliphatic hydroxyl groups excluding tert-OH is 2. The number of rotatable bonds is 65. The second kappa shape index (κ2) is 59.5. The molecule has 0 heterocycles. The number of aliphatic carboxylic acids is 2. The van der Waals surface area contributed by atoms with Gasteiger partial charge in [0.2, 0.25) is 106 Å². The molecule has 0 radical (unpaired) electrons. The van der Waals surface area contributed by atoms with Crippen LogP contribution >= 0.6 is 0 Å². The number of carboxylic acids is 2. The van der Waals surface area contributed by atoms with E-state index in [4.69, 9.17) is 57.3 Å². The first-order chi connectivity index (χ1) is 58.4. The number of hydrogen-bond acceptors (Lipinski definition) is 26. The zero-order chi connectivity index (χ0) is 95.7. The van der Waals surface area contributed by atoms with Gasteiger partial charge in [-0.15, -0.1) is 0 Å². The summed E-state index contributed by atoms with van der Waals surface area (Å²) in [4.78, 5) is 277. The van der Waals surface area contributed by atoms with Crippen LogP contribution in [0.5, 0.6) is 0 Å². The summed E-state index contributed by atoms with van der Waals surface area (Å²) in [5.74, 6) is -24.8. The van der Waals surface area contributed by atoms with Crippen LogP contribution in [0.3, 0.4) is 0 Å². The maximum atomic E-state index is 14.7. The van der Waals surface area contributed by atoms with Gasteiger partial charge in [-0.05, 0) is 127 Å². The maximum Gasteiger partial charge on any atom is 0.326 e. The van der Waals surface area contributed by atoms with Gasteiger partial charge in [-0.25, -0.2) is 4.79 Å². The molecule has 0 aliphatic heterocycles. The smallest absolute Gasteiger partial charge is 0.326 e. The topological polar surface area (TPSA) is 876 Å². The monoisotopic (exact) mass is 1780 g/mol. The molecule has 50 nitrogen and oxygen atoms in total. The summed E-state index contributed by atoms with van der Waals surface area (Å²) in [5.41, 5.74) is 55.4. The minimum absolute atomic E-state index is 0.0362. The molecule has 0 aromatic rings. The van der Waals surface area contributed by atoms with E-state index >= 15 is 0 Å². The second-order valence-electron chi connectivity index (χ2n) is 31.2. The molecule has 0 bridgehead atoms. The molecule has 0 saturated carbocycles. The van der Waals surface area contributed by atoms with Crippen LogP contribution in [0.4, 0.5) is 0 Å². The van der Waals surface area contributed by atoms with E-state index in [1.54, 1.807) is 48.5 Å². The number of aliphatic hydroxyl groups is 2. The molecule has 0 fully saturated rings. The Morgan fingerprint density at radius 1 is 0.312 bits per heavy atom. The highest BCUT2D eigenvalue weighted by atomic mass is 16.4. The van der Waals surface area contributed by atoms with Crippen LogP contribution in [-0.2, 0) is 95.9 Å². The maximum absolute atomic E-state index is 14.7. The van der Waals surface area contributed by atoms with Gasteiger partial charge in [0.25, 0.3) is 0 Å². The zero-order valence-corrected chi connectivity index (χ0v) is 72.3. The van der Waals surface area contributed by atoms with Gasteiger partial charge >= 0.3 is 11.9 Å². The van der Waals surface area contributed by atoms with Crippen molar-refractivity contribution in [2.24, 2.45) is 91.0 Å². The largest absolute Gasteiger partial charge is 0.481 e. The molecule has 0 aromatic carbocycles. The summed E-state index contributed by atoms with van der Waals surface area (Å²) in [6.07, 6.45) is -5.83. The fourth-order valence-corrected chi connectivity index (χ4v) is 11.8. The first kappa shape index (κ1) is 113. The number of carbonyl (C=O) groups is 20. The van der Waals surface area contributed by atoms with Gasteiger partial charge in [-0.1, -0.05) is 61.8 Å². The summed E-state index contributed by atoms with van der Waals surface area (Å²) in [6.45, 7) is 11.8. The van der Waals surface area contributed by atoms with Crippen molar-refractivity contribution in [1.82, 2.24) is 74.4 Å². The van der Waals surface area contributed by atoms with Crippen molar-refractivity contribution in [3.05, 3.63) is 0 Å². The molecule has 0 unspecified atom stereocenters. The minimum Gasteiger partial charge on any atom is -0.481 e. The lowest BCUT2D eigenvalue weighted by Gasteiger charge is -2.29. The van der Waals surface area contributed by atoms with Crippen LogP contribution in [0.1, 0.15) is 191 Å². The first-order valence-electron chi connectivity index (χ1n) is 41.0. The van der Waals surface area contributed by atoms with E-state index < -0.39 is 304 Å². The van der Waals surface area contributed by atoms with Gasteiger partial charge in [-0.3, -0.25) is 101 Å². The second-order valence-corrected chi connectivity index (χ2v) is 31.2. The normalized spacial score (nSPS) is 14.9. The summed E-state index contributed by atoms with van der Waals surface area (Å²) in [6, 6.07) is -24.5. The van der Waals surface area contributed by atoms with Gasteiger partial charge in [0.1, 0.15) is 84.6 Å². The van der Waals surface area contributed by atoms with Crippen LogP contribution < -0.4 is 132 Å². The minimum atomic E-state index is -2.02. The number of carboxylic acid groups (broad SMARTS) is 2. The Hall–Kier alpha value is -12.2. The van der Waals surface area contributed by atoms with Crippen LogP contribution in [-0.4, -0.2) is 274 Å². The number of nitrogens with two attached hydrogens (primary N) is 10. The van der Waals surface area contributed by atoms with Gasteiger partial charge in [0.05, 0.1) is 19.3 Å². The Bertz CT molecular complexity index is 3710. The van der Waals surface area contributed by atoms with Crippen molar-refractivity contribution in [2.45, 2.75) is 281 Å². The third-order valence-corrected chi connectivity index (χ3v) is 19.1. The molecule has 0 aromatic heterocycles. The average molecular weight is 1780 g/mol. The Labute approximate surface area is 723 Å². The summed E-state index contributed by atoms with van der Waals surface area (Å²) < 4.78 is 0. The Morgan fingerprint density at radius 3 is 0.880 bits per heavy atom. The standard InChI is InChI=1S/C75H134N26O24/c1-10-38(8)58(72(123)95-45(20-25-54(79)106)66(117)99-50(33-102)69(120)88-39(9)59(110)96-47(73(124)125)21-26-55(80)107)101-70(121)51(34-103)100-65(116)44(19-24-53(78)105)92-64(115)46(22-27-56(108)109)93-67(118)48(31-35(2)3)98-68(119)49(32-36(4)5)97-62(113)40(15-11-12-28-76)89-63(114)43(18-23-52(77)104)91-60(111)41(16-13-29-86-74(82)83)90-61(112)42(17-14-30-87-75(84)85)94-71(122)57(81)37(6)7/h35-51,57-58,102-103H,10-34,76,81H2,1-9H3,(H2,77,104)(H2,78,105)(H2,79,106)(H2,80,107)(H,88,120)(H,89,114)(H,90,112)(H,91,111)(H,92,115)(H,93,118)(H,94,122)(H,95,123)(H,96,110)(H,97,113)(H,98,119)(H,99,117)(H,100,116)(H,101,121)(H,108,109)(H,124,125)(H4,82,83,86)(H4,84,85,87)/t38-,39-,40-,41-,42-,43-,44-,45-,46-,47-,48-,49-,50-,51-,57-,58-/m0/s1. The number of guanidine groups is 2. The van der Waals surface area contributed by atoms with Crippen molar-refractivity contribution in [3.63, 3.8) is 0 Å². The molecule has 50 heteroatoms. The molecule has 0 rings (SSSR count). The summed E-state index contributed by atoms with van der Waals surface area (Å²) in [7, 11) is 0. The highest BCUT2D eigenvalue weighted by Gasteiger charge is 2.40. The lowest BCUT2D eigenvalue weighted by Crippen LogP contribution is -2.62. The number of aliphatic imine (C=N–C) groups is 2.